The SMILES string of the molecule is Cc1ccc(S(=O)(=O)N2CCC(C(=O)NCCSc3n[nH]c(-c4ccccc4)n3)CC2)cc1. The van der Waals surface area contributed by atoms with Gasteiger partial charge in [-0.2, -0.15) is 4.31 Å². The lowest BCUT2D eigenvalue weighted by molar-refractivity contribution is -0.125. The molecule has 33 heavy (non-hydrogen) atoms. The summed E-state index contributed by atoms with van der Waals surface area (Å²) in [5.74, 6) is 1.17. The first-order valence-electron chi connectivity index (χ1n) is 10.9. The first kappa shape index (κ1) is 23.5. The van der Waals surface area contributed by atoms with Crippen LogP contribution in [0.5, 0.6) is 0 Å². The van der Waals surface area contributed by atoms with Gasteiger partial charge >= 0.3 is 0 Å². The Bertz CT molecular complexity index is 1170. The van der Waals surface area contributed by atoms with Gasteiger partial charge in [-0.05, 0) is 31.9 Å². The van der Waals surface area contributed by atoms with E-state index in [1.54, 1.807) is 24.3 Å². The Morgan fingerprint density at radius 2 is 1.82 bits per heavy atom. The molecule has 0 aliphatic carbocycles. The fourth-order valence-corrected chi connectivity index (χ4v) is 5.84. The summed E-state index contributed by atoms with van der Waals surface area (Å²) in [6.45, 7) is 3.12. The Labute approximate surface area is 198 Å². The molecule has 2 N–H and O–H groups in total. The minimum Gasteiger partial charge on any atom is -0.355 e. The monoisotopic (exact) mass is 485 g/mol. The number of nitrogens with one attached hydrogen (secondary N) is 2. The predicted molar refractivity (Wildman–Crippen MR) is 128 cm³/mol. The van der Waals surface area contributed by atoms with Crippen molar-refractivity contribution in [3.05, 3.63) is 60.2 Å². The molecular formula is C23H27N5O3S2. The van der Waals surface area contributed by atoms with E-state index in [4.69, 9.17) is 0 Å². The third kappa shape index (κ3) is 5.82. The van der Waals surface area contributed by atoms with Crippen LogP contribution in [0.1, 0.15) is 18.4 Å². The van der Waals surface area contributed by atoms with E-state index in [2.05, 4.69) is 20.5 Å². The summed E-state index contributed by atoms with van der Waals surface area (Å²) in [6.07, 6.45) is 1.04. The number of carbonyl (C=O) groups excluding carboxylic acids is 1. The molecule has 1 amide bonds. The Morgan fingerprint density at radius 3 is 2.52 bits per heavy atom. The second-order valence-corrected chi connectivity index (χ2v) is 11.0. The molecule has 174 valence electrons. The van der Waals surface area contributed by atoms with Crippen LogP contribution in [0.3, 0.4) is 0 Å². The van der Waals surface area contributed by atoms with Gasteiger partial charge in [0.1, 0.15) is 0 Å². The van der Waals surface area contributed by atoms with Crippen molar-refractivity contribution in [3.8, 4) is 11.4 Å². The average molecular weight is 486 g/mol. The van der Waals surface area contributed by atoms with E-state index in [1.165, 1.54) is 16.1 Å². The zero-order chi connectivity index (χ0) is 23.3. The van der Waals surface area contributed by atoms with Crippen LogP contribution < -0.4 is 5.32 Å². The minimum atomic E-state index is -3.52. The maximum Gasteiger partial charge on any atom is 0.243 e. The summed E-state index contributed by atoms with van der Waals surface area (Å²) in [7, 11) is -3.52. The molecule has 0 spiro atoms. The molecule has 0 radical (unpaired) electrons. The number of piperidine rings is 1. The number of benzene rings is 2. The summed E-state index contributed by atoms with van der Waals surface area (Å²) in [5, 5.41) is 10.7. The van der Waals surface area contributed by atoms with Gasteiger partial charge in [0.15, 0.2) is 5.82 Å². The number of amides is 1. The fourth-order valence-electron chi connectivity index (χ4n) is 3.71. The molecule has 10 heteroatoms. The summed E-state index contributed by atoms with van der Waals surface area (Å²) in [6, 6.07) is 16.6. The van der Waals surface area contributed by atoms with E-state index in [-0.39, 0.29) is 11.8 Å². The van der Waals surface area contributed by atoms with Crippen LogP contribution in [-0.4, -0.2) is 59.2 Å². The molecule has 1 aromatic heterocycles. The molecule has 1 fully saturated rings. The number of hydrogen-bond donors (Lipinski definition) is 2. The third-order valence-corrected chi connectivity index (χ3v) is 8.39. The highest BCUT2D eigenvalue weighted by Crippen LogP contribution is 2.24. The maximum absolute atomic E-state index is 12.8. The topological polar surface area (TPSA) is 108 Å². The Morgan fingerprint density at radius 1 is 1.12 bits per heavy atom. The van der Waals surface area contributed by atoms with Crippen LogP contribution in [0.15, 0.2) is 64.6 Å². The number of sulfonamides is 1. The van der Waals surface area contributed by atoms with E-state index in [0.29, 0.717) is 48.3 Å². The van der Waals surface area contributed by atoms with Gasteiger partial charge in [0, 0.05) is 36.9 Å². The average Bonchev–Trinajstić information content (AvgIpc) is 3.32. The molecule has 3 aromatic rings. The second-order valence-electron chi connectivity index (χ2n) is 7.96. The lowest BCUT2D eigenvalue weighted by atomic mass is 9.97. The van der Waals surface area contributed by atoms with Crippen LogP contribution in [0.2, 0.25) is 0 Å². The summed E-state index contributed by atoms with van der Waals surface area (Å²) < 4.78 is 27.1. The van der Waals surface area contributed by atoms with Gasteiger partial charge in [-0.15, -0.1) is 5.10 Å². The van der Waals surface area contributed by atoms with Gasteiger partial charge in [-0.25, -0.2) is 13.4 Å². The van der Waals surface area contributed by atoms with Crippen LogP contribution in [0.4, 0.5) is 0 Å². The van der Waals surface area contributed by atoms with E-state index < -0.39 is 10.0 Å². The highest BCUT2D eigenvalue weighted by molar-refractivity contribution is 7.99. The van der Waals surface area contributed by atoms with Crippen LogP contribution in [-0.2, 0) is 14.8 Å². The zero-order valence-corrected chi connectivity index (χ0v) is 20.0. The van der Waals surface area contributed by atoms with Crippen molar-refractivity contribution in [2.45, 2.75) is 29.8 Å². The van der Waals surface area contributed by atoms with E-state index in [1.807, 2.05) is 37.3 Å². The third-order valence-electron chi connectivity index (χ3n) is 5.63. The van der Waals surface area contributed by atoms with Gasteiger partial charge in [0.25, 0.3) is 0 Å². The highest BCUT2D eigenvalue weighted by Gasteiger charge is 2.31. The van der Waals surface area contributed by atoms with Crippen LogP contribution in [0.25, 0.3) is 11.4 Å². The Hall–Kier alpha value is -2.69. The Balaban J connectivity index is 1.20. The number of aromatic nitrogens is 3. The molecule has 1 aliphatic heterocycles. The molecule has 0 bridgehead atoms. The molecule has 4 rings (SSSR count). The number of carbonyl (C=O) groups is 1. The van der Waals surface area contributed by atoms with Crippen LogP contribution in [0, 0.1) is 12.8 Å². The first-order valence-corrected chi connectivity index (χ1v) is 13.3. The summed E-state index contributed by atoms with van der Waals surface area (Å²) >= 11 is 1.47. The van der Waals surface area contributed by atoms with Crippen LogP contribution >= 0.6 is 11.8 Å². The number of nitrogens with zero attached hydrogens (tertiary/aromatic N) is 3. The van der Waals surface area contributed by atoms with Gasteiger partial charge < -0.3 is 5.32 Å². The second kappa shape index (κ2) is 10.5. The van der Waals surface area contributed by atoms with Crippen molar-refractivity contribution in [3.63, 3.8) is 0 Å². The van der Waals surface area contributed by atoms with Crippen molar-refractivity contribution in [1.29, 1.82) is 0 Å². The van der Waals surface area contributed by atoms with E-state index in [9.17, 15) is 13.2 Å². The smallest absolute Gasteiger partial charge is 0.243 e. The van der Waals surface area contributed by atoms with Crippen molar-refractivity contribution in [2.75, 3.05) is 25.4 Å². The summed E-state index contributed by atoms with van der Waals surface area (Å²) in [5.41, 5.74) is 1.99. The normalized spacial score (nSPS) is 15.4. The van der Waals surface area contributed by atoms with E-state index in [0.717, 1.165) is 17.0 Å². The van der Waals surface area contributed by atoms with Gasteiger partial charge in [-0.1, -0.05) is 59.8 Å². The molecular weight excluding hydrogens is 458 g/mol. The van der Waals surface area contributed by atoms with Crippen molar-refractivity contribution < 1.29 is 13.2 Å². The molecule has 0 saturated carbocycles. The predicted octanol–water partition coefficient (Wildman–Crippen LogP) is 3.09. The van der Waals surface area contributed by atoms with Gasteiger partial charge in [0.05, 0.1) is 4.90 Å². The minimum absolute atomic E-state index is 0.0251. The molecule has 1 aliphatic rings. The molecule has 2 aromatic carbocycles. The standard InChI is InChI=1S/C23H27N5O3S2/c1-17-7-9-20(10-8-17)33(30,31)28-14-11-19(12-15-28)22(29)24-13-16-32-23-25-21(26-27-23)18-5-3-2-4-6-18/h2-10,19H,11-16H2,1H3,(H,24,29)(H,25,26,27). The van der Waals surface area contributed by atoms with Gasteiger partial charge in [0.2, 0.25) is 21.1 Å². The molecule has 2 heterocycles. The highest BCUT2D eigenvalue weighted by atomic mass is 32.2. The number of thioether (sulfide) groups is 1. The lowest BCUT2D eigenvalue weighted by Crippen LogP contribution is -2.43. The molecule has 8 nitrogen and oxygen atoms in total. The van der Waals surface area contributed by atoms with Crippen molar-refractivity contribution in [2.24, 2.45) is 5.92 Å². The Kier molecular flexibility index (Phi) is 7.46. The molecule has 0 unspecified atom stereocenters. The maximum atomic E-state index is 12.8. The first-order chi connectivity index (χ1) is 15.9. The largest absolute Gasteiger partial charge is 0.355 e. The van der Waals surface area contributed by atoms with E-state index >= 15 is 0 Å². The lowest BCUT2D eigenvalue weighted by Gasteiger charge is -2.30. The molecule has 0 atom stereocenters. The number of hydrogen-bond acceptors (Lipinski definition) is 6. The number of H-pyrrole nitrogens is 1. The quantitative estimate of drug-likeness (QED) is 0.375. The number of rotatable bonds is 8. The van der Waals surface area contributed by atoms with Crippen molar-refractivity contribution >= 4 is 27.7 Å². The number of aryl methyl sites for hydroxylation is 1. The van der Waals surface area contributed by atoms with Gasteiger partial charge in [-0.3, -0.25) is 9.89 Å². The van der Waals surface area contributed by atoms with Crippen molar-refractivity contribution in [1.82, 2.24) is 24.8 Å². The number of aromatic amines is 1. The molecule has 1 saturated heterocycles. The fraction of sp³-hybridized carbons (Fsp3) is 0.348. The summed E-state index contributed by atoms with van der Waals surface area (Å²) in [4.78, 5) is 17.3. The zero-order valence-electron chi connectivity index (χ0n) is 18.4.